The topological polar surface area (TPSA) is 49.4 Å². The number of halogens is 1. The van der Waals surface area contributed by atoms with E-state index in [1.807, 2.05) is 60.4 Å². The zero-order valence-corrected chi connectivity index (χ0v) is 20.1. The van der Waals surface area contributed by atoms with Gasteiger partial charge >= 0.3 is 0 Å². The molecule has 2 aromatic carbocycles. The Morgan fingerprint density at radius 3 is 2.56 bits per heavy atom. The second-order valence-electron chi connectivity index (χ2n) is 8.90. The van der Waals surface area contributed by atoms with Gasteiger partial charge in [0, 0.05) is 16.0 Å². The number of fused-ring (bicyclic) bond motifs is 1. The molecule has 2 aromatic rings. The van der Waals surface area contributed by atoms with Crippen LogP contribution in [0.2, 0.25) is 5.02 Å². The monoisotopic (exact) mass is 470 g/mol. The number of rotatable bonds is 5. The van der Waals surface area contributed by atoms with E-state index in [4.69, 9.17) is 11.6 Å². The fraction of sp³-hybridized carbons (Fsp3) is 0.462. The lowest BCUT2D eigenvalue weighted by Gasteiger charge is -2.36. The average molecular weight is 471 g/mol. The normalized spacial score (nSPS) is 20.8. The SMILES string of the molecule is C[C@@H](C(=O)NC1CCCCCCC1)[C@@H]1Sc2ccccc2N(Cc2cccc(Cl)c2)C1=O. The van der Waals surface area contributed by atoms with E-state index >= 15 is 0 Å². The average Bonchev–Trinajstić information content (AvgIpc) is 2.76. The fourth-order valence-electron chi connectivity index (χ4n) is 4.61. The van der Waals surface area contributed by atoms with Gasteiger partial charge in [-0.2, -0.15) is 0 Å². The molecule has 1 aliphatic heterocycles. The van der Waals surface area contributed by atoms with Crippen LogP contribution in [0.25, 0.3) is 0 Å². The first-order valence-electron chi connectivity index (χ1n) is 11.6. The van der Waals surface area contributed by atoms with Gasteiger partial charge in [0.1, 0.15) is 5.25 Å². The summed E-state index contributed by atoms with van der Waals surface area (Å²) in [7, 11) is 0. The second-order valence-corrected chi connectivity index (χ2v) is 10.5. The molecule has 2 atom stereocenters. The molecule has 0 unspecified atom stereocenters. The highest BCUT2D eigenvalue weighted by Crippen LogP contribution is 2.42. The minimum atomic E-state index is -0.447. The van der Waals surface area contributed by atoms with Crippen molar-refractivity contribution in [3.8, 4) is 0 Å². The summed E-state index contributed by atoms with van der Waals surface area (Å²) < 4.78 is 0. The summed E-state index contributed by atoms with van der Waals surface area (Å²) in [4.78, 5) is 29.6. The predicted molar refractivity (Wildman–Crippen MR) is 132 cm³/mol. The van der Waals surface area contributed by atoms with Gasteiger partial charge in [-0.3, -0.25) is 9.59 Å². The molecule has 2 amide bonds. The molecule has 170 valence electrons. The van der Waals surface area contributed by atoms with Gasteiger partial charge in [0.2, 0.25) is 11.8 Å². The Bertz CT molecular complexity index is 958. The number of carbonyl (C=O) groups is 2. The van der Waals surface area contributed by atoms with Crippen molar-refractivity contribution in [1.29, 1.82) is 0 Å². The van der Waals surface area contributed by atoms with E-state index in [1.165, 1.54) is 31.0 Å². The molecule has 2 aliphatic rings. The molecule has 1 saturated carbocycles. The summed E-state index contributed by atoms with van der Waals surface area (Å²) in [6, 6.07) is 15.8. The number of nitrogens with zero attached hydrogens (tertiary/aromatic N) is 1. The zero-order chi connectivity index (χ0) is 22.5. The summed E-state index contributed by atoms with van der Waals surface area (Å²) >= 11 is 7.68. The predicted octanol–water partition coefficient (Wildman–Crippen LogP) is 6.21. The minimum absolute atomic E-state index is 0.0106. The van der Waals surface area contributed by atoms with E-state index in [-0.39, 0.29) is 17.9 Å². The lowest BCUT2D eigenvalue weighted by Crippen LogP contribution is -2.48. The Morgan fingerprint density at radius 1 is 1.09 bits per heavy atom. The molecular weight excluding hydrogens is 440 g/mol. The van der Waals surface area contributed by atoms with E-state index in [0.717, 1.165) is 41.8 Å². The summed E-state index contributed by atoms with van der Waals surface area (Å²) in [6.07, 6.45) is 8.19. The van der Waals surface area contributed by atoms with E-state index in [1.54, 1.807) is 0 Å². The molecule has 1 fully saturated rings. The van der Waals surface area contributed by atoms with Crippen molar-refractivity contribution in [1.82, 2.24) is 5.32 Å². The number of nitrogens with one attached hydrogen (secondary N) is 1. The molecule has 0 radical (unpaired) electrons. The van der Waals surface area contributed by atoms with Crippen molar-refractivity contribution in [3.63, 3.8) is 0 Å². The molecule has 4 nitrogen and oxygen atoms in total. The minimum Gasteiger partial charge on any atom is -0.353 e. The van der Waals surface area contributed by atoms with E-state index < -0.39 is 11.2 Å². The van der Waals surface area contributed by atoms with Gasteiger partial charge in [0.15, 0.2) is 0 Å². The molecule has 32 heavy (non-hydrogen) atoms. The van der Waals surface area contributed by atoms with Crippen LogP contribution in [0.15, 0.2) is 53.4 Å². The van der Waals surface area contributed by atoms with Gasteiger partial charge in [-0.15, -0.1) is 11.8 Å². The van der Waals surface area contributed by atoms with Crippen LogP contribution in [0.5, 0.6) is 0 Å². The number of anilines is 1. The van der Waals surface area contributed by atoms with Gasteiger partial charge in [-0.05, 0) is 42.7 Å². The van der Waals surface area contributed by atoms with E-state index in [0.29, 0.717) is 11.6 Å². The maximum absolute atomic E-state index is 13.6. The molecule has 6 heteroatoms. The molecule has 0 spiro atoms. The number of para-hydroxylation sites is 1. The van der Waals surface area contributed by atoms with Crippen molar-refractivity contribution >= 4 is 40.9 Å². The summed E-state index contributed by atoms with van der Waals surface area (Å²) in [6.45, 7) is 2.32. The third-order valence-corrected chi connectivity index (χ3v) is 8.17. The molecule has 0 bridgehead atoms. The van der Waals surface area contributed by atoms with Crippen molar-refractivity contribution in [2.75, 3.05) is 4.90 Å². The number of amides is 2. The van der Waals surface area contributed by atoms with Crippen molar-refractivity contribution in [2.24, 2.45) is 5.92 Å². The standard InChI is InChI=1S/C26H31ClN2O2S/c1-18(25(30)28-21-12-5-3-2-4-6-13-21)24-26(31)29(17-19-10-9-11-20(27)16-19)22-14-7-8-15-23(22)32-24/h7-11,14-16,18,21,24H,2-6,12-13,17H2,1H3,(H,28,30)/t18-,24+/m1/s1. The molecule has 1 N–H and O–H groups in total. The Kier molecular flexibility index (Phi) is 7.80. The summed E-state index contributed by atoms with van der Waals surface area (Å²) in [5, 5.41) is 3.46. The van der Waals surface area contributed by atoms with Gasteiger partial charge < -0.3 is 10.2 Å². The lowest BCUT2D eigenvalue weighted by molar-refractivity contribution is -0.129. The van der Waals surface area contributed by atoms with Gasteiger partial charge in [-0.1, -0.05) is 74.9 Å². The smallest absolute Gasteiger partial charge is 0.241 e. The summed E-state index contributed by atoms with van der Waals surface area (Å²) in [5.74, 6) is -0.439. The van der Waals surface area contributed by atoms with Crippen LogP contribution in [-0.2, 0) is 16.1 Å². The number of carbonyl (C=O) groups excluding carboxylic acids is 2. The van der Waals surface area contributed by atoms with Crippen molar-refractivity contribution < 1.29 is 9.59 Å². The largest absolute Gasteiger partial charge is 0.353 e. The van der Waals surface area contributed by atoms with Crippen LogP contribution >= 0.6 is 23.4 Å². The quantitative estimate of drug-likeness (QED) is 0.564. The van der Waals surface area contributed by atoms with Crippen LogP contribution in [0.1, 0.15) is 57.4 Å². The van der Waals surface area contributed by atoms with Crippen molar-refractivity contribution in [3.05, 3.63) is 59.1 Å². The number of hydrogen-bond acceptors (Lipinski definition) is 3. The molecule has 4 rings (SSSR count). The highest BCUT2D eigenvalue weighted by Gasteiger charge is 2.39. The highest BCUT2D eigenvalue weighted by molar-refractivity contribution is 8.01. The third-order valence-electron chi connectivity index (χ3n) is 6.47. The van der Waals surface area contributed by atoms with Crippen LogP contribution < -0.4 is 10.2 Å². The fourth-order valence-corrected chi connectivity index (χ4v) is 6.11. The zero-order valence-electron chi connectivity index (χ0n) is 18.6. The van der Waals surface area contributed by atoms with E-state index in [9.17, 15) is 9.59 Å². The number of benzene rings is 2. The number of thioether (sulfide) groups is 1. The Hall–Kier alpha value is -1.98. The number of hydrogen-bond donors (Lipinski definition) is 1. The molecule has 0 saturated heterocycles. The first-order chi connectivity index (χ1) is 15.5. The van der Waals surface area contributed by atoms with E-state index in [2.05, 4.69) is 5.32 Å². The molecule has 1 aliphatic carbocycles. The van der Waals surface area contributed by atoms with Crippen LogP contribution in [-0.4, -0.2) is 23.1 Å². The van der Waals surface area contributed by atoms with Crippen LogP contribution in [0.3, 0.4) is 0 Å². The van der Waals surface area contributed by atoms with Crippen molar-refractivity contribution in [2.45, 2.75) is 74.6 Å². The maximum Gasteiger partial charge on any atom is 0.241 e. The Morgan fingerprint density at radius 2 is 1.81 bits per heavy atom. The summed E-state index contributed by atoms with van der Waals surface area (Å²) in [5.41, 5.74) is 1.87. The van der Waals surface area contributed by atoms with Crippen LogP contribution in [0, 0.1) is 5.92 Å². The second kappa shape index (κ2) is 10.8. The molecule has 0 aromatic heterocycles. The van der Waals surface area contributed by atoms with Gasteiger partial charge in [-0.25, -0.2) is 0 Å². The Balaban J connectivity index is 1.52. The lowest BCUT2D eigenvalue weighted by atomic mass is 9.95. The molecular formula is C26H31ClN2O2S. The Labute approximate surface area is 200 Å². The molecule has 1 heterocycles. The highest BCUT2D eigenvalue weighted by atomic mass is 35.5. The van der Waals surface area contributed by atoms with Gasteiger partial charge in [0.25, 0.3) is 0 Å². The third kappa shape index (κ3) is 5.49. The first kappa shape index (κ1) is 23.2. The van der Waals surface area contributed by atoms with Crippen LogP contribution in [0.4, 0.5) is 5.69 Å². The van der Waals surface area contributed by atoms with Gasteiger partial charge in [0.05, 0.1) is 18.2 Å². The first-order valence-corrected chi connectivity index (χ1v) is 12.9. The maximum atomic E-state index is 13.6.